The SMILES string of the molecule is CCCN(C(=O)COC(=O)Cc1ccccc1C)c1c(N)n(Cc2ccccc2)c(=O)[nH]c1=O. The topological polar surface area (TPSA) is 127 Å². The lowest BCUT2D eigenvalue weighted by molar-refractivity contribution is -0.147. The summed E-state index contributed by atoms with van der Waals surface area (Å²) in [6.45, 7) is 3.44. The Morgan fingerprint density at radius 1 is 1.06 bits per heavy atom. The first-order chi connectivity index (χ1) is 16.3. The van der Waals surface area contributed by atoms with Crippen LogP contribution in [0.25, 0.3) is 0 Å². The van der Waals surface area contributed by atoms with E-state index in [4.69, 9.17) is 10.5 Å². The third-order valence-corrected chi connectivity index (χ3v) is 5.37. The Morgan fingerprint density at radius 3 is 2.41 bits per heavy atom. The molecule has 3 rings (SSSR count). The number of H-pyrrole nitrogens is 1. The fourth-order valence-electron chi connectivity index (χ4n) is 3.58. The molecule has 0 saturated heterocycles. The number of ether oxygens (including phenoxy) is 1. The second-order valence-corrected chi connectivity index (χ2v) is 7.87. The molecule has 9 nitrogen and oxygen atoms in total. The standard InChI is InChI=1S/C25H28N4O5/c1-3-13-28(20(30)16-34-21(31)14-19-12-8-7-9-17(19)2)22-23(26)29(25(33)27-24(22)32)15-18-10-5-4-6-11-18/h4-12H,3,13-16,26H2,1-2H3,(H,27,32,33). The molecule has 1 aromatic heterocycles. The van der Waals surface area contributed by atoms with Gasteiger partial charge < -0.3 is 15.4 Å². The van der Waals surface area contributed by atoms with Crippen molar-refractivity contribution in [3.63, 3.8) is 0 Å². The highest BCUT2D eigenvalue weighted by molar-refractivity contribution is 5.97. The van der Waals surface area contributed by atoms with E-state index < -0.39 is 29.7 Å². The molecule has 0 fully saturated rings. The molecule has 178 valence electrons. The van der Waals surface area contributed by atoms with Gasteiger partial charge in [-0.1, -0.05) is 61.5 Å². The molecule has 0 saturated carbocycles. The number of carbonyl (C=O) groups excluding carboxylic acids is 2. The van der Waals surface area contributed by atoms with E-state index in [9.17, 15) is 19.2 Å². The van der Waals surface area contributed by atoms with Crippen LogP contribution in [-0.4, -0.2) is 34.6 Å². The quantitative estimate of drug-likeness (QED) is 0.466. The van der Waals surface area contributed by atoms with Crippen LogP contribution in [0.5, 0.6) is 0 Å². The van der Waals surface area contributed by atoms with Crippen LogP contribution in [-0.2, 0) is 27.3 Å². The molecule has 0 unspecified atom stereocenters. The van der Waals surface area contributed by atoms with Gasteiger partial charge in [-0.25, -0.2) is 4.79 Å². The third kappa shape index (κ3) is 5.80. The van der Waals surface area contributed by atoms with Gasteiger partial charge in [-0.2, -0.15) is 0 Å². The highest BCUT2D eigenvalue weighted by Gasteiger charge is 2.24. The molecular weight excluding hydrogens is 436 g/mol. The Kier molecular flexibility index (Phi) is 8.02. The number of aromatic nitrogens is 2. The third-order valence-electron chi connectivity index (χ3n) is 5.37. The molecule has 1 heterocycles. The lowest BCUT2D eigenvalue weighted by Gasteiger charge is -2.24. The summed E-state index contributed by atoms with van der Waals surface area (Å²) in [6.07, 6.45) is 0.540. The van der Waals surface area contributed by atoms with E-state index in [1.807, 2.05) is 68.4 Å². The maximum Gasteiger partial charge on any atom is 0.330 e. The van der Waals surface area contributed by atoms with Crippen molar-refractivity contribution >= 4 is 23.4 Å². The predicted molar refractivity (Wildman–Crippen MR) is 130 cm³/mol. The number of hydrogen-bond acceptors (Lipinski definition) is 6. The van der Waals surface area contributed by atoms with Crippen LogP contribution in [0.4, 0.5) is 11.5 Å². The number of benzene rings is 2. The van der Waals surface area contributed by atoms with Crippen LogP contribution in [0.15, 0.2) is 64.2 Å². The van der Waals surface area contributed by atoms with Crippen molar-refractivity contribution in [2.24, 2.45) is 0 Å². The molecule has 9 heteroatoms. The second-order valence-electron chi connectivity index (χ2n) is 7.87. The van der Waals surface area contributed by atoms with Gasteiger partial charge in [-0.15, -0.1) is 0 Å². The van der Waals surface area contributed by atoms with E-state index in [1.54, 1.807) is 0 Å². The minimum Gasteiger partial charge on any atom is -0.455 e. The van der Waals surface area contributed by atoms with Crippen LogP contribution in [0.3, 0.4) is 0 Å². The molecule has 0 aliphatic heterocycles. The lowest BCUT2D eigenvalue weighted by Crippen LogP contribution is -2.43. The van der Waals surface area contributed by atoms with Gasteiger partial charge in [0.2, 0.25) is 0 Å². The van der Waals surface area contributed by atoms with Crippen molar-refractivity contribution in [2.45, 2.75) is 33.2 Å². The zero-order chi connectivity index (χ0) is 24.7. The Bertz CT molecular complexity index is 1280. The van der Waals surface area contributed by atoms with E-state index in [-0.39, 0.29) is 31.0 Å². The Morgan fingerprint density at radius 2 is 1.74 bits per heavy atom. The number of hydrogen-bond donors (Lipinski definition) is 2. The number of nitrogen functional groups attached to an aromatic ring is 1. The molecule has 0 atom stereocenters. The molecule has 0 radical (unpaired) electrons. The molecule has 0 aliphatic carbocycles. The van der Waals surface area contributed by atoms with Crippen molar-refractivity contribution in [2.75, 3.05) is 23.8 Å². The number of carbonyl (C=O) groups is 2. The van der Waals surface area contributed by atoms with Gasteiger partial charge in [-0.3, -0.25) is 23.9 Å². The van der Waals surface area contributed by atoms with Crippen molar-refractivity contribution in [1.29, 1.82) is 0 Å². The number of esters is 1. The lowest BCUT2D eigenvalue weighted by atomic mass is 10.1. The molecule has 0 aliphatic rings. The number of nitrogens with zero attached hydrogens (tertiary/aromatic N) is 2. The molecule has 34 heavy (non-hydrogen) atoms. The second kappa shape index (κ2) is 11.1. The van der Waals surface area contributed by atoms with Crippen LogP contribution in [0.2, 0.25) is 0 Å². The fourth-order valence-corrected chi connectivity index (χ4v) is 3.58. The minimum absolute atomic E-state index is 0.0262. The summed E-state index contributed by atoms with van der Waals surface area (Å²) in [5, 5.41) is 0. The summed E-state index contributed by atoms with van der Waals surface area (Å²) in [7, 11) is 0. The van der Waals surface area contributed by atoms with Crippen LogP contribution in [0, 0.1) is 6.92 Å². The predicted octanol–water partition coefficient (Wildman–Crippen LogP) is 2.00. The maximum atomic E-state index is 13.0. The first-order valence-electron chi connectivity index (χ1n) is 11.0. The van der Waals surface area contributed by atoms with Crippen LogP contribution < -0.4 is 21.9 Å². The van der Waals surface area contributed by atoms with Gasteiger partial charge in [0.05, 0.1) is 13.0 Å². The van der Waals surface area contributed by atoms with E-state index in [0.29, 0.717) is 6.42 Å². The maximum absolute atomic E-state index is 13.0. The average molecular weight is 465 g/mol. The number of rotatable bonds is 9. The van der Waals surface area contributed by atoms with Crippen molar-refractivity contribution in [3.05, 3.63) is 92.1 Å². The Labute approximate surface area is 196 Å². The number of aryl methyl sites for hydroxylation is 1. The average Bonchev–Trinajstić information content (AvgIpc) is 2.81. The number of anilines is 2. The summed E-state index contributed by atoms with van der Waals surface area (Å²) in [5.74, 6) is -1.30. The van der Waals surface area contributed by atoms with Gasteiger partial charge in [0.25, 0.3) is 11.5 Å². The highest BCUT2D eigenvalue weighted by atomic mass is 16.5. The number of nitrogens with one attached hydrogen (secondary N) is 1. The highest BCUT2D eigenvalue weighted by Crippen LogP contribution is 2.18. The number of nitrogens with two attached hydrogens (primary N) is 1. The number of aromatic amines is 1. The van der Waals surface area contributed by atoms with Crippen LogP contribution >= 0.6 is 0 Å². The number of amides is 1. The van der Waals surface area contributed by atoms with Gasteiger partial charge >= 0.3 is 11.7 Å². The van der Waals surface area contributed by atoms with Crippen molar-refractivity contribution in [3.8, 4) is 0 Å². The monoisotopic (exact) mass is 464 g/mol. The molecular formula is C25H28N4O5. The minimum atomic E-state index is -0.778. The molecule has 0 spiro atoms. The fraction of sp³-hybridized carbons (Fsp3) is 0.280. The molecule has 3 N–H and O–H groups in total. The van der Waals surface area contributed by atoms with E-state index in [0.717, 1.165) is 21.6 Å². The first-order valence-corrected chi connectivity index (χ1v) is 11.0. The Hall–Kier alpha value is -4.14. The van der Waals surface area contributed by atoms with E-state index in [2.05, 4.69) is 4.98 Å². The molecule has 0 bridgehead atoms. The van der Waals surface area contributed by atoms with Gasteiger partial charge in [0.1, 0.15) is 5.82 Å². The van der Waals surface area contributed by atoms with E-state index >= 15 is 0 Å². The normalized spacial score (nSPS) is 10.6. The smallest absolute Gasteiger partial charge is 0.330 e. The van der Waals surface area contributed by atoms with Gasteiger partial charge in [0.15, 0.2) is 12.3 Å². The summed E-state index contributed by atoms with van der Waals surface area (Å²) in [6, 6.07) is 16.5. The summed E-state index contributed by atoms with van der Waals surface area (Å²) in [4.78, 5) is 53.8. The molecule has 2 aromatic carbocycles. The van der Waals surface area contributed by atoms with E-state index in [1.165, 1.54) is 4.57 Å². The summed E-state index contributed by atoms with van der Waals surface area (Å²) in [5.41, 5.74) is 7.17. The first kappa shape index (κ1) is 24.5. The Balaban J connectivity index is 1.82. The van der Waals surface area contributed by atoms with Crippen molar-refractivity contribution < 1.29 is 14.3 Å². The zero-order valence-corrected chi connectivity index (χ0v) is 19.2. The molecule has 3 aromatic rings. The largest absolute Gasteiger partial charge is 0.455 e. The van der Waals surface area contributed by atoms with Crippen molar-refractivity contribution in [1.82, 2.24) is 9.55 Å². The van der Waals surface area contributed by atoms with Crippen LogP contribution in [0.1, 0.15) is 30.0 Å². The summed E-state index contributed by atoms with van der Waals surface area (Å²) >= 11 is 0. The summed E-state index contributed by atoms with van der Waals surface area (Å²) < 4.78 is 6.39. The van der Waals surface area contributed by atoms with Gasteiger partial charge in [0, 0.05) is 6.54 Å². The molecule has 1 amide bonds. The zero-order valence-electron chi connectivity index (χ0n) is 19.2. The van der Waals surface area contributed by atoms with Gasteiger partial charge in [-0.05, 0) is 30.0 Å².